The lowest BCUT2D eigenvalue weighted by Crippen LogP contribution is -2.44. The van der Waals surface area contributed by atoms with Crippen molar-refractivity contribution < 1.29 is 0 Å². The van der Waals surface area contributed by atoms with E-state index in [0.29, 0.717) is 12.1 Å². The monoisotopic (exact) mass is 246 g/mol. The fraction of sp³-hybridized carbons (Fsp3) is 0.385. The number of thioether (sulfide) groups is 1. The van der Waals surface area contributed by atoms with Gasteiger partial charge in [0.1, 0.15) is 0 Å². The number of anilines is 1. The van der Waals surface area contributed by atoms with Crippen LogP contribution in [-0.2, 0) is 0 Å². The Hall–Kier alpha value is -1.16. The predicted octanol–water partition coefficient (Wildman–Crippen LogP) is 3.05. The van der Waals surface area contributed by atoms with Crippen molar-refractivity contribution in [2.45, 2.75) is 25.9 Å². The first-order valence-electron chi connectivity index (χ1n) is 5.92. The first kappa shape index (κ1) is 11.0. The minimum atomic E-state index is 0.476. The number of rotatable bonds is 1. The summed E-state index contributed by atoms with van der Waals surface area (Å²) in [4.78, 5) is 2.47. The number of nitrogens with one attached hydrogen (secondary N) is 1. The maximum Gasteiger partial charge on any atom is 0.0670 e. The van der Waals surface area contributed by atoms with E-state index in [1.54, 1.807) is 0 Å². The van der Waals surface area contributed by atoms with Crippen LogP contribution in [-0.4, -0.2) is 28.0 Å². The van der Waals surface area contributed by atoms with Gasteiger partial charge in [-0.05, 0) is 32.0 Å². The molecule has 1 radical (unpaired) electrons. The van der Waals surface area contributed by atoms with Gasteiger partial charge in [0, 0.05) is 34.7 Å². The summed E-state index contributed by atoms with van der Waals surface area (Å²) in [5.74, 6) is 3.47. The molecule has 17 heavy (non-hydrogen) atoms. The Bertz CT molecular complexity index is 512. The van der Waals surface area contributed by atoms with Gasteiger partial charge in [-0.15, -0.1) is 0 Å². The molecule has 2 heterocycles. The number of nitrogens with zero attached hydrogens (tertiary/aromatic N) is 2. The normalized spacial score (nSPS) is 25.4. The summed E-state index contributed by atoms with van der Waals surface area (Å²) < 4.78 is 0. The van der Waals surface area contributed by atoms with Crippen LogP contribution in [0.4, 0.5) is 5.69 Å². The highest BCUT2D eigenvalue weighted by atomic mass is 32.2. The van der Waals surface area contributed by atoms with E-state index < -0.39 is 0 Å². The molecule has 0 saturated carbocycles. The molecule has 1 aromatic heterocycles. The van der Waals surface area contributed by atoms with Crippen molar-refractivity contribution in [3.8, 4) is 0 Å². The maximum absolute atomic E-state index is 4.07. The van der Waals surface area contributed by atoms with Crippen molar-refractivity contribution in [1.29, 1.82) is 0 Å². The summed E-state index contributed by atoms with van der Waals surface area (Å²) in [5, 5.41) is 8.28. The molecule has 89 valence electrons. The Morgan fingerprint density at radius 2 is 2.29 bits per heavy atom. The van der Waals surface area contributed by atoms with Crippen LogP contribution in [0.15, 0.2) is 24.4 Å². The highest BCUT2D eigenvalue weighted by Gasteiger charge is 2.25. The van der Waals surface area contributed by atoms with E-state index >= 15 is 0 Å². The largest absolute Gasteiger partial charge is 0.364 e. The van der Waals surface area contributed by atoms with Gasteiger partial charge in [0.2, 0.25) is 0 Å². The second-order valence-electron chi connectivity index (χ2n) is 4.61. The Labute approximate surface area is 106 Å². The van der Waals surface area contributed by atoms with Gasteiger partial charge in [-0.2, -0.15) is 16.9 Å². The second kappa shape index (κ2) is 4.26. The molecule has 0 amide bonds. The van der Waals surface area contributed by atoms with Crippen LogP contribution in [0.2, 0.25) is 0 Å². The van der Waals surface area contributed by atoms with E-state index in [1.165, 1.54) is 11.1 Å². The molecule has 0 bridgehead atoms. The van der Waals surface area contributed by atoms with Gasteiger partial charge in [-0.3, -0.25) is 5.10 Å². The smallest absolute Gasteiger partial charge is 0.0670 e. The average Bonchev–Trinajstić information content (AvgIpc) is 2.76. The molecule has 4 heteroatoms. The van der Waals surface area contributed by atoms with E-state index in [0.717, 1.165) is 11.3 Å². The molecule has 0 spiro atoms. The fourth-order valence-electron chi connectivity index (χ4n) is 2.46. The summed E-state index contributed by atoms with van der Waals surface area (Å²) in [6, 6.07) is 7.56. The van der Waals surface area contributed by atoms with E-state index in [2.05, 4.69) is 52.9 Å². The Morgan fingerprint density at radius 3 is 3.12 bits per heavy atom. The van der Waals surface area contributed by atoms with Crippen molar-refractivity contribution >= 4 is 28.4 Å². The van der Waals surface area contributed by atoms with Crippen LogP contribution >= 0.6 is 11.8 Å². The third kappa shape index (κ3) is 1.90. The Morgan fingerprint density at radius 1 is 1.41 bits per heavy atom. The minimum Gasteiger partial charge on any atom is -0.364 e. The molecule has 3 rings (SSSR count). The molecule has 2 aromatic rings. The third-order valence-corrected chi connectivity index (χ3v) is 4.53. The zero-order valence-corrected chi connectivity index (χ0v) is 10.9. The highest BCUT2D eigenvalue weighted by Crippen LogP contribution is 2.31. The summed E-state index contributed by atoms with van der Waals surface area (Å²) in [6.45, 7) is 4.54. The molecule has 2 atom stereocenters. The number of H-pyrrole nitrogens is 1. The average molecular weight is 246 g/mol. The first-order valence-corrected chi connectivity index (χ1v) is 6.97. The van der Waals surface area contributed by atoms with Crippen molar-refractivity contribution in [3.05, 3.63) is 30.1 Å². The van der Waals surface area contributed by atoms with E-state index in [9.17, 15) is 0 Å². The molecular weight excluding hydrogens is 230 g/mol. The topological polar surface area (TPSA) is 31.9 Å². The summed E-state index contributed by atoms with van der Waals surface area (Å²) in [6.07, 6.45) is 1.87. The van der Waals surface area contributed by atoms with Crippen LogP contribution in [0.5, 0.6) is 0 Å². The van der Waals surface area contributed by atoms with E-state index in [-0.39, 0.29) is 0 Å². The lowest BCUT2D eigenvalue weighted by molar-refractivity contribution is 0.628. The molecule has 0 aliphatic carbocycles. The second-order valence-corrected chi connectivity index (χ2v) is 5.55. The van der Waals surface area contributed by atoms with Crippen LogP contribution < -0.4 is 4.90 Å². The van der Waals surface area contributed by atoms with E-state index in [1.807, 2.05) is 18.0 Å². The molecule has 1 fully saturated rings. The quantitative estimate of drug-likeness (QED) is 0.839. The van der Waals surface area contributed by atoms with Crippen LogP contribution in [0, 0.1) is 5.75 Å². The van der Waals surface area contributed by atoms with Crippen molar-refractivity contribution in [1.82, 2.24) is 10.2 Å². The van der Waals surface area contributed by atoms with Gasteiger partial charge >= 0.3 is 0 Å². The van der Waals surface area contributed by atoms with Crippen molar-refractivity contribution in [3.63, 3.8) is 0 Å². The number of hydrogen-bond donors (Lipinski definition) is 1. The number of fused-ring (bicyclic) bond motifs is 1. The standard InChI is InChI=1S/C13H16N3S/c1-9-7-17-8-10(2)16(9)12-4-3-11-6-14-15-13(11)5-12/h3-7,9-10H,8H2,1-2H3,(H,14,15). The van der Waals surface area contributed by atoms with Crippen molar-refractivity contribution in [2.75, 3.05) is 10.7 Å². The molecule has 1 N–H and O–H groups in total. The van der Waals surface area contributed by atoms with Gasteiger partial charge in [0.25, 0.3) is 0 Å². The van der Waals surface area contributed by atoms with Gasteiger partial charge < -0.3 is 4.90 Å². The van der Waals surface area contributed by atoms with Crippen LogP contribution in [0.1, 0.15) is 13.8 Å². The molecule has 1 aromatic carbocycles. The van der Waals surface area contributed by atoms with E-state index in [4.69, 9.17) is 0 Å². The first-order chi connectivity index (χ1) is 8.25. The number of aromatic nitrogens is 2. The summed E-state index contributed by atoms with van der Waals surface area (Å²) in [7, 11) is 0. The van der Waals surface area contributed by atoms with Gasteiger partial charge in [0.15, 0.2) is 0 Å². The SMILES string of the molecule is CC1[CH]SCC(C)N1c1ccc2cn[nH]c2c1. The lowest BCUT2D eigenvalue weighted by Gasteiger charge is -2.40. The molecule has 1 saturated heterocycles. The zero-order chi connectivity index (χ0) is 11.8. The molecule has 1 aliphatic heterocycles. The number of aromatic amines is 1. The Kier molecular flexibility index (Phi) is 2.74. The lowest BCUT2D eigenvalue weighted by atomic mass is 10.1. The molecule has 2 unspecified atom stereocenters. The molecular formula is C13H16N3S. The van der Waals surface area contributed by atoms with Gasteiger partial charge in [-0.25, -0.2) is 0 Å². The third-order valence-electron chi connectivity index (χ3n) is 3.27. The van der Waals surface area contributed by atoms with Gasteiger partial charge in [-0.1, -0.05) is 0 Å². The summed E-state index contributed by atoms with van der Waals surface area (Å²) in [5.41, 5.74) is 2.39. The zero-order valence-electron chi connectivity index (χ0n) is 10.1. The predicted molar refractivity (Wildman–Crippen MR) is 74.3 cm³/mol. The fourth-order valence-corrected chi connectivity index (χ4v) is 3.42. The minimum absolute atomic E-state index is 0.476. The molecule has 3 nitrogen and oxygen atoms in total. The van der Waals surface area contributed by atoms with Crippen molar-refractivity contribution in [2.24, 2.45) is 0 Å². The highest BCUT2D eigenvalue weighted by molar-refractivity contribution is 8.01. The number of hydrogen-bond acceptors (Lipinski definition) is 3. The van der Waals surface area contributed by atoms with Crippen LogP contribution in [0.25, 0.3) is 10.9 Å². The maximum atomic E-state index is 4.07. The van der Waals surface area contributed by atoms with Gasteiger partial charge in [0.05, 0.1) is 11.7 Å². The summed E-state index contributed by atoms with van der Waals surface area (Å²) >= 11 is 1.93. The Balaban J connectivity index is 2.00. The van der Waals surface area contributed by atoms with Crippen LogP contribution in [0.3, 0.4) is 0 Å². The molecule has 1 aliphatic rings. The number of benzene rings is 1.